The van der Waals surface area contributed by atoms with Crippen molar-refractivity contribution >= 4 is 44.8 Å². The number of aromatic nitrogens is 1. The maximum atomic E-state index is 12.6. The van der Waals surface area contributed by atoms with Gasteiger partial charge < -0.3 is 15.2 Å². The van der Waals surface area contributed by atoms with Crippen LogP contribution < -0.4 is 5.32 Å². The number of thiophene rings is 1. The Balaban J connectivity index is 1.55. The minimum Gasteiger partial charge on any atom is -0.481 e. The number of para-hydroxylation sites is 1. The van der Waals surface area contributed by atoms with Crippen LogP contribution in [0.4, 0.5) is 0 Å². The van der Waals surface area contributed by atoms with Crippen molar-refractivity contribution in [2.75, 3.05) is 13.2 Å². The van der Waals surface area contributed by atoms with Gasteiger partial charge in [0.15, 0.2) is 0 Å². The summed E-state index contributed by atoms with van der Waals surface area (Å²) in [6, 6.07) is 11.5. The molecule has 1 atom stereocenters. The number of nitrogens with zero attached hydrogens (tertiary/aromatic N) is 1. The normalized spacial score (nSPS) is 19.7. The van der Waals surface area contributed by atoms with E-state index in [4.69, 9.17) is 9.84 Å². The number of carbonyl (C=O) groups excluding carboxylic acids is 1. The summed E-state index contributed by atoms with van der Waals surface area (Å²) in [6.45, 7) is 0.677. The van der Waals surface area contributed by atoms with Gasteiger partial charge in [-0.3, -0.25) is 9.59 Å². The number of fused-ring (bicyclic) bond motifs is 1. The molecule has 1 aromatic carbocycles. The van der Waals surface area contributed by atoms with Gasteiger partial charge in [-0.05, 0) is 30.7 Å². The van der Waals surface area contributed by atoms with Crippen molar-refractivity contribution in [2.45, 2.75) is 18.4 Å². The standard InChI is InChI=1S/C18H16N2O4S2/c21-15(22)9-18(7-8-24-10-18)20-16(23)13-5-6-14(25-13)17-19-11-3-1-2-4-12(11)26-17/h1-6H,7-10H2,(H,20,23)(H,21,22). The Bertz CT molecular complexity index is 939. The largest absolute Gasteiger partial charge is 0.481 e. The third-order valence-corrected chi connectivity index (χ3v) is 6.60. The Morgan fingerprint density at radius 2 is 2.08 bits per heavy atom. The molecule has 1 amide bonds. The third kappa shape index (κ3) is 3.35. The molecular weight excluding hydrogens is 372 g/mol. The minimum atomic E-state index is -0.947. The average Bonchev–Trinajstić information content (AvgIpc) is 3.33. The number of hydrogen-bond donors (Lipinski definition) is 2. The molecule has 1 aliphatic rings. The molecule has 0 radical (unpaired) electrons. The van der Waals surface area contributed by atoms with Gasteiger partial charge in [-0.1, -0.05) is 12.1 Å². The summed E-state index contributed by atoms with van der Waals surface area (Å²) >= 11 is 2.94. The van der Waals surface area contributed by atoms with Gasteiger partial charge in [0.05, 0.1) is 38.5 Å². The van der Waals surface area contributed by atoms with Crippen LogP contribution in [0.25, 0.3) is 20.1 Å². The highest BCUT2D eigenvalue weighted by atomic mass is 32.1. The van der Waals surface area contributed by atoms with E-state index in [1.165, 1.54) is 11.3 Å². The Labute approximate surface area is 157 Å². The topological polar surface area (TPSA) is 88.5 Å². The number of carbonyl (C=O) groups is 2. The zero-order valence-electron chi connectivity index (χ0n) is 13.7. The van der Waals surface area contributed by atoms with Gasteiger partial charge >= 0.3 is 5.97 Å². The van der Waals surface area contributed by atoms with E-state index in [1.807, 2.05) is 30.3 Å². The Morgan fingerprint density at radius 3 is 2.81 bits per heavy atom. The number of carboxylic acid groups (broad SMARTS) is 1. The second kappa shape index (κ2) is 6.79. The first kappa shape index (κ1) is 17.1. The molecule has 1 aliphatic heterocycles. The predicted molar refractivity (Wildman–Crippen MR) is 101 cm³/mol. The number of rotatable bonds is 5. The zero-order valence-corrected chi connectivity index (χ0v) is 15.4. The van der Waals surface area contributed by atoms with Crippen LogP contribution in [-0.4, -0.2) is 40.7 Å². The molecule has 4 rings (SSSR count). The average molecular weight is 388 g/mol. The number of nitrogens with one attached hydrogen (secondary N) is 1. The molecule has 26 heavy (non-hydrogen) atoms. The van der Waals surface area contributed by atoms with E-state index in [0.717, 1.165) is 20.1 Å². The first-order valence-electron chi connectivity index (χ1n) is 8.13. The summed E-state index contributed by atoms with van der Waals surface area (Å²) in [5, 5.41) is 12.9. The molecule has 3 heterocycles. The number of benzene rings is 1. The molecule has 6 nitrogen and oxygen atoms in total. The van der Waals surface area contributed by atoms with Crippen molar-refractivity contribution in [1.29, 1.82) is 0 Å². The molecule has 0 bridgehead atoms. The lowest BCUT2D eigenvalue weighted by Crippen LogP contribution is -2.50. The molecule has 8 heteroatoms. The van der Waals surface area contributed by atoms with E-state index >= 15 is 0 Å². The highest BCUT2D eigenvalue weighted by Gasteiger charge is 2.39. The SMILES string of the molecule is O=C(O)CC1(NC(=O)c2ccc(-c3nc4ccccc4s3)s2)CCOC1. The molecule has 1 fully saturated rings. The lowest BCUT2D eigenvalue weighted by Gasteiger charge is -2.26. The summed E-state index contributed by atoms with van der Waals surface area (Å²) < 4.78 is 6.43. The third-order valence-electron chi connectivity index (χ3n) is 4.31. The van der Waals surface area contributed by atoms with Crippen LogP contribution in [-0.2, 0) is 9.53 Å². The van der Waals surface area contributed by atoms with E-state index in [2.05, 4.69) is 10.3 Å². The monoisotopic (exact) mass is 388 g/mol. The fourth-order valence-electron chi connectivity index (χ4n) is 3.03. The molecule has 2 aromatic heterocycles. The number of hydrogen-bond acceptors (Lipinski definition) is 6. The number of ether oxygens (including phenoxy) is 1. The highest BCUT2D eigenvalue weighted by molar-refractivity contribution is 7.26. The van der Waals surface area contributed by atoms with Crippen molar-refractivity contribution in [3.8, 4) is 9.88 Å². The van der Waals surface area contributed by atoms with Crippen molar-refractivity contribution in [3.63, 3.8) is 0 Å². The van der Waals surface area contributed by atoms with Crippen LogP contribution in [0.2, 0.25) is 0 Å². The maximum Gasteiger partial charge on any atom is 0.305 e. The fourth-order valence-corrected chi connectivity index (χ4v) is 4.96. The van der Waals surface area contributed by atoms with Gasteiger partial charge in [-0.2, -0.15) is 0 Å². The van der Waals surface area contributed by atoms with Gasteiger partial charge in [0.25, 0.3) is 5.91 Å². The van der Waals surface area contributed by atoms with Crippen LogP contribution in [0.5, 0.6) is 0 Å². The van der Waals surface area contributed by atoms with Crippen LogP contribution in [0.15, 0.2) is 36.4 Å². The van der Waals surface area contributed by atoms with E-state index in [-0.39, 0.29) is 18.9 Å². The maximum absolute atomic E-state index is 12.6. The molecule has 0 saturated carbocycles. The van der Waals surface area contributed by atoms with Gasteiger partial charge in [0.2, 0.25) is 0 Å². The van der Waals surface area contributed by atoms with E-state index in [9.17, 15) is 9.59 Å². The van der Waals surface area contributed by atoms with Crippen molar-refractivity contribution in [2.24, 2.45) is 0 Å². The zero-order chi connectivity index (χ0) is 18.1. The smallest absolute Gasteiger partial charge is 0.305 e. The number of thiazole rings is 1. The molecule has 134 valence electrons. The lowest BCUT2D eigenvalue weighted by atomic mass is 9.94. The lowest BCUT2D eigenvalue weighted by molar-refractivity contribution is -0.138. The Kier molecular flexibility index (Phi) is 4.47. The predicted octanol–water partition coefficient (Wildman–Crippen LogP) is 3.39. The molecular formula is C18H16N2O4S2. The molecule has 2 N–H and O–H groups in total. The number of aliphatic carboxylic acids is 1. The van der Waals surface area contributed by atoms with Crippen molar-refractivity contribution in [3.05, 3.63) is 41.3 Å². The van der Waals surface area contributed by atoms with Crippen molar-refractivity contribution < 1.29 is 19.4 Å². The first-order valence-corrected chi connectivity index (χ1v) is 9.76. The number of amides is 1. The Hall–Kier alpha value is -2.29. The fraction of sp³-hybridized carbons (Fsp3) is 0.278. The van der Waals surface area contributed by atoms with Crippen LogP contribution in [0.3, 0.4) is 0 Å². The highest BCUT2D eigenvalue weighted by Crippen LogP contribution is 2.34. The van der Waals surface area contributed by atoms with Crippen LogP contribution in [0.1, 0.15) is 22.5 Å². The van der Waals surface area contributed by atoms with Crippen molar-refractivity contribution in [1.82, 2.24) is 10.3 Å². The van der Waals surface area contributed by atoms with Gasteiger partial charge in [-0.25, -0.2) is 4.98 Å². The summed E-state index contributed by atoms with van der Waals surface area (Å²) in [5.41, 5.74) is 0.110. The quantitative estimate of drug-likeness (QED) is 0.699. The molecule has 1 saturated heterocycles. The number of carboxylic acids is 1. The second-order valence-electron chi connectivity index (χ2n) is 6.26. The summed E-state index contributed by atoms with van der Waals surface area (Å²) in [6.07, 6.45) is 0.357. The van der Waals surface area contributed by atoms with E-state index in [1.54, 1.807) is 17.4 Å². The molecule has 1 unspecified atom stereocenters. The summed E-state index contributed by atoms with van der Waals surface area (Å²) in [5.74, 6) is -1.22. The van der Waals surface area contributed by atoms with Gasteiger partial charge in [0.1, 0.15) is 5.01 Å². The Morgan fingerprint density at radius 1 is 1.23 bits per heavy atom. The van der Waals surface area contributed by atoms with Gasteiger partial charge in [0, 0.05) is 6.61 Å². The summed E-state index contributed by atoms with van der Waals surface area (Å²) in [4.78, 5) is 29.9. The first-order chi connectivity index (χ1) is 12.5. The van der Waals surface area contributed by atoms with Gasteiger partial charge in [-0.15, -0.1) is 22.7 Å². The second-order valence-corrected chi connectivity index (χ2v) is 8.37. The van der Waals surface area contributed by atoms with Crippen LogP contribution >= 0.6 is 22.7 Å². The molecule has 3 aromatic rings. The minimum absolute atomic E-state index is 0.144. The van der Waals surface area contributed by atoms with Crippen LogP contribution in [0, 0.1) is 0 Å². The summed E-state index contributed by atoms with van der Waals surface area (Å²) in [7, 11) is 0. The van der Waals surface area contributed by atoms with E-state index in [0.29, 0.717) is 17.9 Å². The molecule has 0 spiro atoms. The van der Waals surface area contributed by atoms with E-state index < -0.39 is 11.5 Å². The molecule has 0 aliphatic carbocycles.